The number of carbonyl (C=O) groups is 4. The molecule has 2 amide bonds. The number of amides is 2. The first-order chi connectivity index (χ1) is 19.8. The number of imide groups is 1. The quantitative estimate of drug-likeness (QED) is 0.187. The molecule has 9 heteroatoms. The molecule has 7 rings (SSSR count). The van der Waals surface area contributed by atoms with Crippen LogP contribution >= 0.6 is 27.5 Å². The van der Waals surface area contributed by atoms with Crippen molar-refractivity contribution >= 4 is 56.6 Å². The fraction of sp³-hybridized carbons (Fsp3) is 0.125. The van der Waals surface area contributed by atoms with Crippen molar-refractivity contribution < 1.29 is 28.7 Å². The summed E-state index contributed by atoms with van der Waals surface area (Å²) >= 11 is 9.35. The largest absolute Gasteiger partial charge is 0.457 e. The minimum atomic E-state index is -2.12. The Morgan fingerprint density at radius 3 is 1.88 bits per heavy atom. The van der Waals surface area contributed by atoms with Crippen LogP contribution in [0, 0.1) is 11.8 Å². The van der Waals surface area contributed by atoms with E-state index in [0.29, 0.717) is 27.8 Å². The number of fused-ring (bicyclic) bond motifs is 3. The molecule has 3 unspecified atom stereocenters. The Balaban J connectivity index is 1.28. The lowest BCUT2D eigenvalue weighted by Gasteiger charge is -2.27. The zero-order chi connectivity index (χ0) is 28.5. The number of hydrogen-bond acceptors (Lipinski definition) is 6. The third kappa shape index (κ3) is 3.82. The number of anilines is 1. The predicted molar refractivity (Wildman–Crippen MR) is 153 cm³/mol. The number of benzene rings is 4. The summed E-state index contributed by atoms with van der Waals surface area (Å²) in [6.45, 7) is 0. The molecule has 3 atom stereocenters. The van der Waals surface area contributed by atoms with Crippen LogP contribution in [0.5, 0.6) is 11.5 Å². The SMILES string of the molecule is O=C1C2C(c3ccc(Br)cc3)OC3(C(=O)c4ccccc4C3=O)C2C(=O)N1c1ccc(Oc2ccc(Cl)cc2)cc1. The van der Waals surface area contributed by atoms with Gasteiger partial charge in [-0.05, 0) is 66.2 Å². The normalized spacial score (nSPS) is 22.4. The zero-order valence-electron chi connectivity index (χ0n) is 21.1. The molecule has 2 fully saturated rings. The average molecular weight is 629 g/mol. The van der Waals surface area contributed by atoms with Crippen LogP contribution in [0.25, 0.3) is 0 Å². The molecule has 0 saturated carbocycles. The van der Waals surface area contributed by atoms with Crippen molar-refractivity contribution in [3.8, 4) is 11.5 Å². The molecular formula is C32H19BrClNO6. The van der Waals surface area contributed by atoms with Gasteiger partial charge >= 0.3 is 0 Å². The number of ketones is 2. The predicted octanol–water partition coefficient (Wildman–Crippen LogP) is 6.59. The van der Waals surface area contributed by atoms with Crippen LogP contribution in [0.4, 0.5) is 5.69 Å². The third-order valence-corrected chi connectivity index (χ3v) is 8.64. The zero-order valence-corrected chi connectivity index (χ0v) is 23.5. The molecule has 7 nitrogen and oxygen atoms in total. The maximum atomic E-state index is 14.1. The smallest absolute Gasteiger partial charge is 0.241 e. The Kier molecular flexibility index (Phi) is 5.97. The fourth-order valence-electron chi connectivity index (χ4n) is 6.03. The molecule has 4 aromatic carbocycles. The molecule has 0 bridgehead atoms. The van der Waals surface area contributed by atoms with E-state index in [1.807, 2.05) is 0 Å². The summed E-state index contributed by atoms with van der Waals surface area (Å²) in [7, 11) is 0. The summed E-state index contributed by atoms with van der Waals surface area (Å²) in [4.78, 5) is 57.0. The number of nitrogens with zero attached hydrogens (tertiary/aromatic N) is 1. The molecule has 202 valence electrons. The van der Waals surface area contributed by atoms with Gasteiger partial charge in [0.15, 0.2) is 0 Å². The van der Waals surface area contributed by atoms with E-state index in [1.165, 1.54) is 0 Å². The van der Waals surface area contributed by atoms with E-state index in [1.54, 1.807) is 97.1 Å². The van der Waals surface area contributed by atoms with E-state index in [0.717, 1.165) is 9.37 Å². The van der Waals surface area contributed by atoms with E-state index in [4.69, 9.17) is 21.1 Å². The Hall–Kier alpha value is -4.11. The topological polar surface area (TPSA) is 90.0 Å². The number of Topliss-reactive ketones (excluding diaryl/α,β-unsaturated/α-hetero) is 2. The Bertz CT molecular complexity index is 1720. The van der Waals surface area contributed by atoms with Gasteiger partial charge in [-0.15, -0.1) is 0 Å². The van der Waals surface area contributed by atoms with Crippen LogP contribution in [-0.4, -0.2) is 29.0 Å². The number of carbonyl (C=O) groups excluding carboxylic acids is 4. The first-order valence-corrected chi connectivity index (χ1v) is 14.0. The maximum absolute atomic E-state index is 14.1. The van der Waals surface area contributed by atoms with Crippen molar-refractivity contribution in [2.75, 3.05) is 4.90 Å². The lowest BCUT2D eigenvalue weighted by molar-refractivity contribution is -0.127. The Labute approximate surface area is 247 Å². The van der Waals surface area contributed by atoms with E-state index in [-0.39, 0.29) is 11.1 Å². The van der Waals surface area contributed by atoms with Gasteiger partial charge in [0.25, 0.3) is 0 Å². The summed E-state index contributed by atoms with van der Waals surface area (Å²) in [6.07, 6.45) is -0.982. The van der Waals surface area contributed by atoms with Gasteiger partial charge in [-0.25, -0.2) is 4.90 Å². The highest BCUT2D eigenvalue weighted by molar-refractivity contribution is 9.10. The summed E-state index contributed by atoms with van der Waals surface area (Å²) in [6, 6.07) is 26.8. The second-order valence-corrected chi connectivity index (χ2v) is 11.4. The highest BCUT2D eigenvalue weighted by atomic mass is 79.9. The van der Waals surface area contributed by atoms with E-state index < -0.39 is 46.9 Å². The van der Waals surface area contributed by atoms with E-state index in [9.17, 15) is 19.2 Å². The van der Waals surface area contributed by atoms with Crippen molar-refractivity contribution in [1.82, 2.24) is 0 Å². The van der Waals surface area contributed by atoms with Gasteiger partial charge in [0.1, 0.15) is 11.5 Å². The molecule has 2 aliphatic heterocycles. The lowest BCUT2D eigenvalue weighted by atomic mass is 9.77. The lowest BCUT2D eigenvalue weighted by Crippen LogP contribution is -2.51. The van der Waals surface area contributed by atoms with Gasteiger partial charge in [-0.2, -0.15) is 0 Å². The van der Waals surface area contributed by atoms with Gasteiger partial charge < -0.3 is 9.47 Å². The first-order valence-electron chi connectivity index (χ1n) is 12.8. The van der Waals surface area contributed by atoms with Crippen LogP contribution in [-0.2, 0) is 14.3 Å². The molecule has 3 aliphatic rings. The number of hydrogen-bond donors (Lipinski definition) is 0. The molecule has 2 heterocycles. The Morgan fingerprint density at radius 1 is 0.732 bits per heavy atom. The first kappa shape index (κ1) is 25.8. The van der Waals surface area contributed by atoms with Crippen molar-refractivity contribution in [2.24, 2.45) is 11.8 Å². The molecule has 2 saturated heterocycles. The van der Waals surface area contributed by atoms with Crippen molar-refractivity contribution in [3.05, 3.63) is 123 Å². The standard InChI is InChI=1S/C32H19BrClNO6/c33-18-7-5-17(6-8-18)27-25-26(32(41-27)28(36)23-3-1-2-4-24(23)29(32)37)31(39)35(30(25)38)20-11-15-22(16-12-20)40-21-13-9-19(34)10-14-21/h1-16,25-27H. The second kappa shape index (κ2) is 9.48. The van der Waals surface area contributed by atoms with Gasteiger partial charge in [-0.3, -0.25) is 19.2 Å². The van der Waals surface area contributed by atoms with Crippen LogP contribution < -0.4 is 9.64 Å². The van der Waals surface area contributed by atoms with Crippen LogP contribution in [0.1, 0.15) is 32.4 Å². The average Bonchev–Trinajstić information content (AvgIpc) is 3.55. The van der Waals surface area contributed by atoms with Gasteiger partial charge in [0.05, 0.1) is 23.6 Å². The third-order valence-electron chi connectivity index (χ3n) is 7.86. The monoisotopic (exact) mass is 627 g/mol. The number of rotatable bonds is 4. The van der Waals surface area contributed by atoms with Crippen molar-refractivity contribution in [3.63, 3.8) is 0 Å². The molecule has 1 aliphatic carbocycles. The summed E-state index contributed by atoms with van der Waals surface area (Å²) < 4.78 is 13.0. The summed E-state index contributed by atoms with van der Waals surface area (Å²) in [5, 5.41) is 0.579. The van der Waals surface area contributed by atoms with Crippen LogP contribution in [0.3, 0.4) is 0 Å². The van der Waals surface area contributed by atoms with Crippen LogP contribution in [0.2, 0.25) is 5.02 Å². The van der Waals surface area contributed by atoms with Gasteiger partial charge in [-0.1, -0.05) is 63.9 Å². The molecule has 41 heavy (non-hydrogen) atoms. The molecule has 1 spiro atoms. The van der Waals surface area contributed by atoms with Crippen molar-refractivity contribution in [2.45, 2.75) is 11.7 Å². The number of halogens is 2. The minimum Gasteiger partial charge on any atom is -0.457 e. The summed E-state index contributed by atoms with van der Waals surface area (Å²) in [5.41, 5.74) is -0.847. The highest BCUT2D eigenvalue weighted by Crippen LogP contribution is 2.57. The molecular weight excluding hydrogens is 610 g/mol. The molecule has 4 aromatic rings. The summed E-state index contributed by atoms with van der Waals surface area (Å²) in [5.74, 6) is -3.71. The molecule has 0 radical (unpaired) electrons. The maximum Gasteiger partial charge on any atom is 0.241 e. The van der Waals surface area contributed by atoms with Crippen LogP contribution in [0.15, 0.2) is 102 Å². The van der Waals surface area contributed by atoms with Crippen molar-refractivity contribution in [1.29, 1.82) is 0 Å². The minimum absolute atomic E-state index is 0.190. The highest BCUT2D eigenvalue weighted by Gasteiger charge is 2.74. The number of ether oxygens (including phenoxy) is 2. The van der Waals surface area contributed by atoms with E-state index in [2.05, 4.69) is 15.9 Å². The van der Waals surface area contributed by atoms with Gasteiger partial charge in [0, 0.05) is 20.6 Å². The van der Waals surface area contributed by atoms with E-state index >= 15 is 0 Å². The molecule has 0 N–H and O–H groups in total. The Morgan fingerprint density at radius 2 is 1.29 bits per heavy atom. The molecule has 0 aromatic heterocycles. The second-order valence-electron chi connectivity index (χ2n) is 10.1. The fourth-order valence-corrected chi connectivity index (χ4v) is 6.42. The van der Waals surface area contributed by atoms with Gasteiger partial charge in [0.2, 0.25) is 29.0 Å².